The van der Waals surface area contributed by atoms with Crippen LogP contribution in [0.1, 0.15) is 32.1 Å². The van der Waals surface area contributed by atoms with Crippen molar-refractivity contribution in [2.24, 2.45) is 0 Å². The summed E-state index contributed by atoms with van der Waals surface area (Å²) in [4.78, 5) is 8.99. The molecule has 0 atom stereocenters. The Hall–Kier alpha value is -0.790. The second-order valence-electron chi connectivity index (χ2n) is 5.29. The lowest BCUT2D eigenvalue weighted by Crippen LogP contribution is -2.39. The quantitative estimate of drug-likeness (QED) is 0.828. The van der Waals surface area contributed by atoms with Crippen LogP contribution >= 0.6 is 31.9 Å². The fourth-order valence-corrected chi connectivity index (χ4v) is 3.90. The van der Waals surface area contributed by atoms with Crippen molar-refractivity contribution in [3.05, 3.63) is 27.1 Å². The van der Waals surface area contributed by atoms with Crippen molar-refractivity contribution in [2.45, 2.75) is 31.6 Å². The summed E-state index contributed by atoms with van der Waals surface area (Å²) < 4.78 is 7.33. The fraction of sp³-hybridized carbons (Fsp3) is 0.500. The van der Waals surface area contributed by atoms with E-state index in [0.29, 0.717) is 11.5 Å². The lowest BCUT2D eigenvalue weighted by molar-refractivity contribution is 0.216. The number of aromatic nitrogens is 3. The van der Waals surface area contributed by atoms with Gasteiger partial charge in [-0.1, -0.05) is 12.1 Å². The third kappa shape index (κ3) is 2.91. The third-order valence-corrected chi connectivity index (χ3v) is 5.17. The largest absolute Gasteiger partial charge is 0.338 e. The van der Waals surface area contributed by atoms with Crippen LogP contribution in [0, 0.1) is 0 Å². The molecule has 5 nitrogen and oxygen atoms in total. The minimum Gasteiger partial charge on any atom is -0.338 e. The first-order valence-electron chi connectivity index (χ1n) is 7.01. The van der Waals surface area contributed by atoms with E-state index >= 15 is 0 Å². The zero-order valence-electron chi connectivity index (χ0n) is 11.7. The SMILES string of the molecule is CCC1(c2nc(-c3ncc(Br)cc3Br)no2)CCNCC1. The molecule has 2 aromatic rings. The second-order valence-corrected chi connectivity index (χ2v) is 7.06. The number of nitrogens with zero attached hydrogens (tertiary/aromatic N) is 3. The number of hydrogen-bond donors (Lipinski definition) is 1. The molecule has 0 spiro atoms. The van der Waals surface area contributed by atoms with Crippen LogP contribution in [-0.4, -0.2) is 28.2 Å². The van der Waals surface area contributed by atoms with Crippen LogP contribution in [0.25, 0.3) is 11.5 Å². The summed E-state index contributed by atoms with van der Waals surface area (Å²) in [7, 11) is 0. The number of piperidine rings is 1. The Kier molecular flexibility index (Phi) is 4.42. The highest BCUT2D eigenvalue weighted by Crippen LogP contribution is 2.37. The van der Waals surface area contributed by atoms with E-state index in [9.17, 15) is 0 Å². The van der Waals surface area contributed by atoms with Gasteiger partial charge in [-0.3, -0.25) is 4.98 Å². The smallest absolute Gasteiger partial charge is 0.233 e. The predicted octanol–water partition coefficient (Wildman–Crippen LogP) is 3.69. The zero-order valence-corrected chi connectivity index (χ0v) is 14.9. The van der Waals surface area contributed by atoms with E-state index < -0.39 is 0 Å². The van der Waals surface area contributed by atoms with Crippen molar-refractivity contribution in [1.82, 2.24) is 20.4 Å². The first kappa shape index (κ1) is 15.1. The van der Waals surface area contributed by atoms with Gasteiger partial charge in [0.25, 0.3) is 0 Å². The highest BCUT2D eigenvalue weighted by Gasteiger charge is 2.37. The van der Waals surface area contributed by atoms with Crippen LogP contribution in [0.4, 0.5) is 0 Å². The molecule has 0 amide bonds. The molecule has 0 bridgehead atoms. The van der Waals surface area contributed by atoms with E-state index in [1.807, 2.05) is 6.07 Å². The Morgan fingerprint density at radius 1 is 1.33 bits per heavy atom. The maximum Gasteiger partial charge on any atom is 0.233 e. The Morgan fingerprint density at radius 2 is 2.10 bits per heavy atom. The summed E-state index contributed by atoms with van der Waals surface area (Å²) >= 11 is 6.89. The molecule has 1 aliphatic rings. The zero-order chi connectivity index (χ0) is 14.9. The maximum atomic E-state index is 5.58. The molecule has 0 aromatic carbocycles. The molecule has 1 N–H and O–H groups in total. The van der Waals surface area contributed by atoms with Gasteiger partial charge in [-0.25, -0.2) is 0 Å². The molecule has 1 saturated heterocycles. The highest BCUT2D eigenvalue weighted by molar-refractivity contribution is 9.11. The van der Waals surface area contributed by atoms with Crippen molar-refractivity contribution in [3.63, 3.8) is 0 Å². The van der Waals surface area contributed by atoms with Gasteiger partial charge >= 0.3 is 0 Å². The van der Waals surface area contributed by atoms with Crippen LogP contribution in [-0.2, 0) is 5.41 Å². The average molecular weight is 416 g/mol. The van der Waals surface area contributed by atoms with Crippen molar-refractivity contribution >= 4 is 31.9 Å². The molecular formula is C14H16Br2N4O. The standard InChI is InChI=1S/C14H16Br2N4O/c1-2-14(3-5-17-6-4-14)13-19-12(20-21-13)11-10(16)7-9(15)8-18-11/h7-8,17H,2-6H2,1H3. The van der Waals surface area contributed by atoms with Crippen molar-refractivity contribution in [3.8, 4) is 11.5 Å². The van der Waals surface area contributed by atoms with Crippen molar-refractivity contribution < 1.29 is 4.52 Å². The topological polar surface area (TPSA) is 63.8 Å². The van der Waals surface area contributed by atoms with Crippen molar-refractivity contribution in [1.29, 1.82) is 0 Å². The highest BCUT2D eigenvalue weighted by atomic mass is 79.9. The molecule has 0 unspecified atom stereocenters. The first-order chi connectivity index (χ1) is 10.1. The minimum atomic E-state index is -0.00165. The van der Waals surface area contributed by atoms with Gasteiger partial charge in [0.05, 0.1) is 5.41 Å². The fourth-order valence-electron chi connectivity index (χ4n) is 2.74. The number of nitrogens with one attached hydrogen (secondary N) is 1. The Bertz CT molecular complexity index is 638. The van der Waals surface area contributed by atoms with Crippen LogP contribution in [0.15, 0.2) is 25.7 Å². The average Bonchev–Trinajstić information content (AvgIpc) is 2.98. The summed E-state index contributed by atoms with van der Waals surface area (Å²) in [5, 5.41) is 7.51. The molecule has 21 heavy (non-hydrogen) atoms. The summed E-state index contributed by atoms with van der Waals surface area (Å²) in [6.45, 7) is 4.17. The number of hydrogen-bond acceptors (Lipinski definition) is 5. The van der Waals surface area contributed by atoms with E-state index in [4.69, 9.17) is 4.52 Å². The van der Waals surface area contributed by atoms with E-state index in [1.165, 1.54) is 0 Å². The van der Waals surface area contributed by atoms with Gasteiger partial charge in [-0.05, 0) is 70.3 Å². The number of halogens is 2. The molecule has 7 heteroatoms. The molecule has 3 heterocycles. The van der Waals surface area contributed by atoms with E-state index in [0.717, 1.165) is 47.2 Å². The molecule has 3 rings (SSSR count). The summed E-state index contributed by atoms with van der Waals surface area (Å²) in [6.07, 6.45) is 4.79. The summed E-state index contributed by atoms with van der Waals surface area (Å²) in [6, 6.07) is 1.93. The lowest BCUT2D eigenvalue weighted by Gasteiger charge is -2.33. The molecule has 2 aromatic heterocycles. The molecular weight excluding hydrogens is 400 g/mol. The monoisotopic (exact) mass is 414 g/mol. The molecule has 0 radical (unpaired) electrons. The van der Waals surface area contributed by atoms with Crippen LogP contribution in [0.3, 0.4) is 0 Å². The van der Waals surface area contributed by atoms with Gasteiger partial charge in [0, 0.05) is 15.1 Å². The van der Waals surface area contributed by atoms with Crippen LogP contribution in [0.2, 0.25) is 0 Å². The molecule has 1 aliphatic heterocycles. The Morgan fingerprint density at radius 3 is 2.76 bits per heavy atom. The Labute approximate surface area is 140 Å². The summed E-state index contributed by atoms with van der Waals surface area (Å²) in [5.41, 5.74) is 0.701. The summed E-state index contributed by atoms with van der Waals surface area (Å²) in [5.74, 6) is 1.27. The predicted molar refractivity (Wildman–Crippen MR) is 87.0 cm³/mol. The Balaban J connectivity index is 1.95. The van der Waals surface area contributed by atoms with Crippen molar-refractivity contribution in [2.75, 3.05) is 13.1 Å². The van der Waals surface area contributed by atoms with Crippen LogP contribution in [0.5, 0.6) is 0 Å². The van der Waals surface area contributed by atoms with Gasteiger partial charge < -0.3 is 9.84 Å². The first-order valence-corrected chi connectivity index (χ1v) is 8.59. The van der Waals surface area contributed by atoms with Gasteiger partial charge in [-0.15, -0.1) is 0 Å². The van der Waals surface area contributed by atoms with Gasteiger partial charge in [0.15, 0.2) is 0 Å². The molecule has 112 valence electrons. The van der Waals surface area contributed by atoms with E-state index in [1.54, 1.807) is 6.20 Å². The minimum absolute atomic E-state index is 0.00165. The van der Waals surface area contributed by atoms with Crippen LogP contribution < -0.4 is 5.32 Å². The third-order valence-electron chi connectivity index (χ3n) is 4.14. The van der Waals surface area contributed by atoms with E-state index in [-0.39, 0.29) is 5.41 Å². The van der Waals surface area contributed by atoms with Gasteiger partial charge in [-0.2, -0.15) is 4.98 Å². The molecule has 1 fully saturated rings. The van der Waals surface area contributed by atoms with Gasteiger partial charge in [0.1, 0.15) is 5.69 Å². The lowest BCUT2D eigenvalue weighted by atomic mass is 9.76. The van der Waals surface area contributed by atoms with E-state index in [2.05, 4.69) is 59.2 Å². The molecule has 0 aliphatic carbocycles. The van der Waals surface area contributed by atoms with Gasteiger partial charge in [0.2, 0.25) is 11.7 Å². The maximum absolute atomic E-state index is 5.58. The molecule has 0 saturated carbocycles. The number of pyridine rings is 1. The second kappa shape index (κ2) is 6.14. The number of rotatable bonds is 3. The normalized spacial score (nSPS) is 17.9.